The van der Waals surface area contributed by atoms with Crippen molar-refractivity contribution in [1.82, 2.24) is 0 Å². The number of hydrogen-bond donors (Lipinski definition) is 1. The van der Waals surface area contributed by atoms with Crippen molar-refractivity contribution in [2.75, 3.05) is 4.90 Å². The molecule has 130 valence electrons. The number of phenolic OH excluding ortho intramolecular Hbond substituents is 1. The molecule has 0 unspecified atom stereocenters. The van der Waals surface area contributed by atoms with Crippen LogP contribution in [0.3, 0.4) is 0 Å². The van der Waals surface area contributed by atoms with E-state index in [1.54, 1.807) is 17.8 Å². The molecule has 0 radical (unpaired) electrons. The molecule has 5 rings (SSSR count). The molecular weight excluding hydrogens is 350 g/mol. The number of rotatable bonds is 2. The molecule has 4 aromatic carbocycles. The van der Waals surface area contributed by atoms with Crippen LogP contribution in [0.25, 0.3) is 11.1 Å². The molecule has 0 aliphatic carbocycles. The van der Waals surface area contributed by atoms with Gasteiger partial charge in [0.05, 0.1) is 17.1 Å². The van der Waals surface area contributed by atoms with Crippen LogP contribution in [0, 0.1) is 0 Å². The van der Waals surface area contributed by atoms with Crippen LogP contribution in [0.4, 0.5) is 17.1 Å². The van der Waals surface area contributed by atoms with E-state index in [4.69, 9.17) is 0 Å². The van der Waals surface area contributed by atoms with E-state index in [0.29, 0.717) is 0 Å². The highest BCUT2D eigenvalue weighted by atomic mass is 32.2. The lowest BCUT2D eigenvalue weighted by Crippen LogP contribution is -2.14. The first-order valence-electron chi connectivity index (χ1n) is 8.86. The third kappa shape index (κ3) is 2.77. The summed E-state index contributed by atoms with van der Waals surface area (Å²) in [7, 11) is 0. The summed E-state index contributed by atoms with van der Waals surface area (Å²) in [5.74, 6) is 0.270. The average molecular weight is 367 g/mol. The first kappa shape index (κ1) is 16.0. The van der Waals surface area contributed by atoms with E-state index >= 15 is 0 Å². The predicted octanol–water partition coefficient (Wildman–Crippen LogP) is 6.99. The number of para-hydroxylation sites is 2. The van der Waals surface area contributed by atoms with Crippen molar-refractivity contribution in [2.45, 2.75) is 9.79 Å². The van der Waals surface area contributed by atoms with Gasteiger partial charge in [-0.15, -0.1) is 0 Å². The predicted molar refractivity (Wildman–Crippen MR) is 112 cm³/mol. The van der Waals surface area contributed by atoms with Gasteiger partial charge in [-0.1, -0.05) is 72.4 Å². The molecule has 2 nitrogen and oxygen atoms in total. The molecule has 1 aliphatic rings. The lowest BCUT2D eigenvalue weighted by atomic mass is 10.0. The Morgan fingerprint density at radius 2 is 1.15 bits per heavy atom. The Morgan fingerprint density at radius 1 is 0.556 bits per heavy atom. The van der Waals surface area contributed by atoms with Crippen molar-refractivity contribution < 1.29 is 5.11 Å². The van der Waals surface area contributed by atoms with Crippen LogP contribution in [0.5, 0.6) is 5.75 Å². The summed E-state index contributed by atoms with van der Waals surface area (Å²) in [5, 5.41) is 10.7. The highest BCUT2D eigenvalue weighted by Crippen LogP contribution is 2.53. The number of fused-ring (bicyclic) bond motifs is 2. The molecule has 0 atom stereocenters. The molecule has 3 heteroatoms. The van der Waals surface area contributed by atoms with Crippen LogP contribution in [0.2, 0.25) is 0 Å². The van der Waals surface area contributed by atoms with Gasteiger partial charge in [0.2, 0.25) is 0 Å². The van der Waals surface area contributed by atoms with E-state index in [-0.39, 0.29) is 5.75 Å². The van der Waals surface area contributed by atoms with Crippen molar-refractivity contribution in [3.05, 3.63) is 97.1 Å². The van der Waals surface area contributed by atoms with Crippen molar-refractivity contribution >= 4 is 28.8 Å². The summed E-state index contributed by atoms with van der Waals surface area (Å²) in [4.78, 5) is 4.52. The second-order valence-electron chi connectivity index (χ2n) is 6.44. The van der Waals surface area contributed by atoms with E-state index in [9.17, 15) is 5.11 Å². The van der Waals surface area contributed by atoms with Crippen molar-refractivity contribution in [3.8, 4) is 16.9 Å². The molecule has 27 heavy (non-hydrogen) atoms. The minimum absolute atomic E-state index is 0.270. The molecule has 1 heterocycles. The monoisotopic (exact) mass is 367 g/mol. The van der Waals surface area contributed by atoms with Crippen LogP contribution in [-0.2, 0) is 0 Å². The minimum Gasteiger partial charge on any atom is -0.506 e. The molecule has 0 fully saturated rings. The molecule has 0 spiro atoms. The number of phenols is 1. The second-order valence-corrected chi connectivity index (χ2v) is 7.53. The number of hydrogen-bond acceptors (Lipinski definition) is 3. The summed E-state index contributed by atoms with van der Waals surface area (Å²) in [6.45, 7) is 0. The molecular formula is C24H17NOS. The number of anilines is 3. The normalized spacial score (nSPS) is 12.4. The minimum atomic E-state index is 0.270. The largest absolute Gasteiger partial charge is 0.506 e. The lowest BCUT2D eigenvalue weighted by molar-refractivity contribution is 0.476. The Morgan fingerprint density at radius 3 is 1.81 bits per heavy atom. The Hall–Kier alpha value is -3.17. The number of nitrogens with zero attached hydrogens (tertiary/aromatic N) is 1. The van der Waals surface area contributed by atoms with Crippen LogP contribution < -0.4 is 4.90 Å². The maximum absolute atomic E-state index is 10.7. The Balaban J connectivity index is 1.73. The first-order valence-corrected chi connectivity index (χ1v) is 9.67. The second kappa shape index (κ2) is 6.53. The summed E-state index contributed by atoms with van der Waals surface area (Å²) in [6, 6.07) is 32.7. The van der Waals surface area contributed by atoms with Crippen LogP contribution in [-0.4, -0.2) is 5.11 Å². The standard InChI is InChI=1S/C24H17NOS/c26-22-15-14-18(17-8-2-1-3-9-17)16-21(22)25-19-10-4-6-12-23(19)27-24-13-7-5-11-20(24)25/h1-16,26H. The Kier molecular flexibility index (Phi) is 3.88. The maximum atomic E-state index is 10.7. The van der Waals surface area contributed by atoms with Crippen LogP contribution in [0.1, 0.15) is 0 Å². The zero-order chi connectivity index (χ0) is 18.2. The highest BCUT2D eigenvalue weighted by molar-refractivity contribution is 7.99. The van der Waals surface area contributed by atoms with Gasteiger partial charge in [0.15, 0.2) is 0 Å². The SMILES string of the molecule is Oc1ccc(-c2ccccc2)cc1N1c2ccccc2Sc2ccccc21. The summed E-state index contributed by atoms with van der Waals surface area (Å²) < 4.78 is 0. The topological polar surface area (TPSA) is 23.5 Å². The molecule has 4 aromatic rings. The van der Waals surface area contributed by atoms with Gasteiger partial charge in [0.25, 0.3) is 0 Å². The van der Waals surface area contributed by atoms with Gasteiger partial charge < -0.3 is 10.0 Å². The van der Waals surface area contributed by atoms with Crippen LogP contribution >= 0.6 is 11.8 Å². The van der Waals surface area contributed by atoms with E-state index < -0.39 is 0 Å². The van der Waals surface area contributed by atoms with Gasteiger partial charge in [-0.3, -0.25) is 0 Å². The van der Waals surface area contributed by atoms with E-state index in [0.717, 1.165) is 28.2 Å². The Bertz CT molecular complexity index is 1080. The van der Waals surface area contributed by atoms with Crippen molar-refractivity contribution in [3.63, 3.8) is 0 Å². The third-order valence-electron chi connectivity index (χ3n) is 4.76. The zero-order valence-corrected chi connectivity index (χ0v) is 15.4. The van der Waals surface area contributed by atoms with E-state index in [1.807, 2.05) is 36.4 Å². The first-order chi connectivity index (χ1) is 13.3. The fourth-order valence-corrected chi connectivity index (χ4v) is 4.53. The molecule has 0 saturated heterocycles. The highest BCUT2D eigenvalue weighted by Gasteiger charge is 2.26. The van der Waals surface area contributed by atoms with Gasteiger partial charge in [-0.25, -0.2) is 0 Å². The quantitative estimate of drug-likeness (QED) is 0.363. The van der Waals surface area contributed by atoms with Gasteiger partial charge in [0, 0.05) is 9.79 Å². The summed E-state index contributed by atoms with van der Waals surface area (Å²) in [5.41, 5.74) is 5.17. The summed E-state index contributed by atoms with van der Waals surface area (Å²) >= 11 is 1.76. The molecule has 1 N–H and O–H groups in total. The maximum Gasteiger partial charge on any atom is 0.139 e. The van der Waals surface area contributed by atoms with Gasteiger partial charge in [-0.05, 0) is 47.5 Å². The van der Waals surface area contributed by atoms with Gasteiger partial charge in [0.1, 0.15) is 5.75 Å². The van der Waals surface area contributed by atoms with E-state index in [2.05, 4.69) is 59.5 Å². The van der Waals surface area contributed by atoms with Crippen molar-refractivity contribution in [2.24, 2.45) is 0 Å². The Labute approximate surface area is 162 Å². The fourth-order valence-electron chi connectivity index (χ4n) is 3.48. The summed E-state index contributed by atoms with van der Waals surface area (Å²) in [6.07, 6.45) is 0. The number of benzene rings is 4. The van der Waals surface area contributed by atoms with Gasteiger partial charge >= 0.3 is 0 Å². The molecule has 0 amide bonds. The van der Waals surface area contributed by atoms with Crippen LogP contribution in [0.15, 0.2) is 107 Å². The lowest BCUT2D eigenvalue weighted by Gasteiger charge is -2.33. The van der Waals surface area contributed by atoms with E-state index in [1.165, 1.54) is 9.79 Å². The van der Waals surface area contributed by atoms with Crippen molar-refractivity contribution in [1.29, 1.82) is 0 Å². The van der Waals surface area contributed by atoms with Gasteiger partial charge in [-0.2, -0.15) is 0 Å². The zero-order valence-electron chi connectivity index (χ0n) is 14.5. The fraction of sp³-hybridized carbons (Fsp3) is 0. The third-order valence-corrected chi connectivity index (χ3v) is 5.89. The molecule has 0 aromatic heterocycles. The smallest absolute Gasteiger partial charge is 0.139 e. The number of aromatic hydroxyl groups is 1. The molecule has 0 bridgehead atoms. The molecule has 0 saturated carbocycles. The molecule has 1 aliphatic heterocycles. The average Bonchev–Trinajstić information content (AvgIpc) is 2.73.